The Morgan fingerprint density at radius 3 is 2.50 bits per heavy atom. The molecule has 0 amide bonds. The molecule has 0 atom stereocenters. The number of rotatable bonds is 1. The van der Waals surface area contributed by atoms with Crippen LogP contribution in [0.1, 0.15) is 6.42 Å². The van der Waals surface area contributed by atoms with Gasteiger partial charge in [-0.1, -0.05) is 11.6 Å². The molecule has 0 radical (unpaired) electrons. The van der Waals surface area contributed by atoms with E-state index in [1.54, 1.807) is 0 Å². The summed E-state index contributed by atoms with van der Waals surface area (Å²) in [5, 5.41) is 0. The molecule has 1 aliphatic heterocycles. The molecule has 2 heterocycles. The molecule has 3 rings (SSSR count). The third kappa shape index (κ3) is 2.13. The molecule has 18 heavy (non-hydrogen) atoms. The molecule has 2 aromatic rings. The Balaban J connectivity index is 2.08. The van der Waals surface area contributed by atoms with Crippen molar-refractivity contribution in [3.05, 3.63) is 28.6 Å². The fourth-order valence-electron chi connectivity index (χ4n) is 1.90. The van der Waals surface area contributed by atoms with E-state index in [4.69, 9.17) is 26.8 Å². The Morgan fingerprint density at radius 2 is 1.83 bits per heavy atom. The number of nitrogens with two attached hydrogens (primary N) is 1. The van der Waals surface area contributed by atoms with Crippen LogP contribution in [0.3, 0.4) is 0 Å². The molecule has 0 bridgehead atoms. The number of thiophene rings is 1. The molecule has 94 valence electrons. The zero-order valence-corrected chi connectivity index (χ0v) is 11.2. The lowest BCUT2D eigenvalue weighted by molar-refractivity contribution is 0.297. The van der Waals surface area contributed by atoms with Gasteiger partial charge in [0.2, 0.25) is 0 Å². The molecule has 0 aliphatic carbocycles. The van der Waals surface area contributed by atoms with Crippen molar-refractivity contribution in [2.75, 3.05) is 18.9 Å². The van der Waals surface area contributed by atoms with Crippen LogP contribution in [0.25, 0.3) is 10.4 Å². The summed E-state index contributed by atoms with van der Waals surface area (Å²) in [4.78, 5) is 1.04. The van der Waals surface area contributed by atoms with Gasteiger partial charge in [-0.25, -0.2) is 0 Å². The minimum absolute atomic E-state index is 0.663. The van der Waals surface area contributed by atoms with Gasteiger partial charge in [-0.15, -0.1) is 11.3 Å². The van der Waals surface area contributed by atoms with Crippen molar-refractivity contribution in [1.82, 2.24) is 0 Å². The molecular weight excluding hydrogens is 270 g/mol. The largest absolute Gasteiger partial charge is 0.490 e. The van der Waals surface area contributed by atoms with Crippen LogP contribution in [0, 0.1) is 0 Å². The smallest absolute Gasteiger partial charge is 0.163 e. The maximum absolute atomic E-state index is 6.06. The molecule has 5 heteroatoms. The molecule has 1 aliphatic rings. The summed E-state index contributed by atoms with van der Waals surface area (Å²) in [5.41, 5.74) is 7.68. The first-order valence-corrected chi connectivity index (χ1v) is 6.88. The Kier molecular flexibility index (Phi) is 3.06. The molecule has 1 aromatic heterocycles. The Labute approximate surface area is 114 Å². The van der Waals surface area contributed by atoms with Gasteiger partial charge in [-0.2, -0.15) is 0 Å². The monoisotopic (exact) mass is 281 g/mol. The molecule has 2 N–H and O–H groups in total. The zero-order valence-electron chi connectivity index (χ0n) is 9.61. The minimum Gasteiger partial charge on any atom is -0.490 e. The van der Waals surface area contributed by atoms with E-state index in [-0.39, 0.29) is 0 Å². The standard InChI is InChI=1S/C13H12ClNO2S/c14-13-3-2-12(18-13)8-6-10-11(7-9(8)15)17-5-1-4-16-10/h2-3,6-7H,1,4-5,15H2. The average molecular weight is 282 g/mol. The van der Waals surface area contributed by atoms with Gasteiger partial charge < -0.3 is 15.2 Å². The van der Waals surface area contributed by atoms with Crippen molar-refractivity contribution in [1.29, 1.82) is 0 Å². The van der Waals surface area contributed by atoms with Crippen LogP contribution in [0.15, 0.2) is 24.3 Å². The van der Waals surface area contributed by atoms with Gasteiger partial charge in [0.15, 0.2) is 11.5 Å². The van der Waals surface area contributed by atoms with Gasteiger partial charge in [0.1, 0.15) is 0 Å². The van der Waals surface area contributed by atoms with Crippen molar-refractivity contribution in [2.45, 2.75) is 6.42 Å². The second kappa shape index (κ2) is 4.71. The van der Waals surface area contributed by atoms with Crippen molar-refractivity contribution in [3.63, 3.8) is 0 Å². The number of benzene rings is 1. The number of nitrogen functional groups attached to an aromatic ring is 1. The zero-order chi connectivity index (χ0) is 12.5. The van der Waals surface area contributed by atoms with Crippen LogP contribution in [0.4, 0.5) is 5.69 Å². The average Bonchev–Trinajstić information content (AvgIpc) is 2.65. The van der Waals surface area contributed by atoms with Crippen molar-refractivity contribution in [3.8, 4) is 21.9 Å². The highest BCUT2D eigenvalue weighted by molar-refractivity contribution is 7.19. The highest BCUT2D eigenvalue weighted by Crippen LogP contribution is 2.41. The fraction of sp³-hybridized carbons (Fsp3) is 0.231. The first-order chi connectivity index (χ1) is 8.74. The first-order valence-electron chi connectivity index (χ1n) is 5.69. The van der Waals surface area contributed by atoms with Gasteiger partial charge in [-0.05, 0) is 18.2 Å². The number of hydrogen-bond acceptors (Lipinski definition) is 4. The fourth-order valence-corrected chi connectivity index (χ4v) is 2.98. The molecule has 0 fully saturated rings. The SMILES string of the molecule is Nc1cc2c(cc1-c1ccc(Cl)s1)OCCCO2. The van der Waals surface area contributed by atoms with Crippen LogP contribution >= 0.6 is 22.9 Å². The molecule has 0 saturated heterocycles. The van der Waals surface area contributed by atoms with Crippen molar-refractivity contribution in [2.24, 2.45) is 0 Å². The summed E-state index contributed by atoms with van der Waals surface area (Å²) in [6.45, 7) is 1.33. The summed E-state index contributed by atoms with van der Waals surface area (Å²) in [6, 6.07) is 7.58. The molecule has 3 nitrogen and oxygen atoms in total. The minimum atomic E-state index is 0.663. The third-order valence-electron chi connectivity index (χ3n) is 2.76. The number of halogens is 1. The van der Waals surface area contributed by atoms with Crippen LogP contribution in [-0.2, 0) is 0 Å². The van der Waals surface area contributed by atoms with Crippen molar-refractivity contribution >= 4 is 28.6 Å². The number of ether oxygens (including phenoxy) is 2. The summed E-state index contributed by atoms with van der Waals surface area (Å²) >= 11 is 7.45. The first kappa shape index (κ1) is 11.7. The Morgan fingerprint density at radius 1 is 1.11 bits per heavy atom. The maximum atomic E-state index is 6.06. The van der Waals surface area contributed by atoms with Crippen LogP contribution < -0.4 is 15.2 Å². The lowest BCUT2D eigenvalue weighted by atomic mass is 10.1. The predicted octanol–water partition coefficient (Wildman–Crippen LogP) is 3.81. The van der Waals surface area contributed by atoms with E-state index in [2.05, 4.69) is 0 Å². The quantitative estimate of drug-likeness (QED) is 0.809. The number of anilines is 1. The molecular formula is C13H12ClNO2S. The van der Waals surface area contributed by atoms with E-state index in [0.29, 0.717) is 18.9 Å². The van der Waals surface area contributed by atoms with E-state index < -0.39 is 0 Å². The number of hydrogen-bond donors (Lipinski definition) is 1. The van der Waals surface area contributed by atoms with E-state index in [1.807, 2.05) is 24.3 Å². The van der Waals surface area contributed by atoms with E-state index >= 15 is 0 Å². The van der Waals surface area contributed by atoms with Crippen LogP contribution in [-0.4, -0.2) is 13.2 Å². The molecule has 0 saturated carbocycles. The molecule has 1 aromatic carbocycles. The number of fused-ring (bicyclic) bond motifs is 1. The second-order valence-electron chi connectivity index (χ2n) is 4.04. The Bertz CT molecular complexity index is 582. The van der Waals surface area contributed by atoms with Gasteiger partial charge in [0.25, 0.3) is 0 Å². The van der Waals surface area contributed by atoms with Gasteiger partial charge in [0.05, 0.1) is 17.6 Å². The van der Waals surface area contributed by atoms with E-state index in [0.717, 1.165) is 32.7 Å². The molecule has 0 unspecified atom stereocenters. The third-order valence-corrected chi connectivity index (χ3v) is 4.02. The summed E-state index contributed by atoms with van der Waals surface area (Å²) in [5.74, 6) is 1.47. The van der Waals surface area contributed by atoms with Gasteiger partial charge in [-0.3, -0.25) is 0 Å². The van der Waals surface area contributed by atoms with E-state index in [1.165, 1.54) is 11.3 Å². The predicted molar refractivity (Wildman–Crippen MR) is 74.8 cm³/mol. The lowest BCUT2D eigenvalue weighted by Gasteiger charge is -2.11. The Hall–Kier alpha value is -1.39. The van der Waals surface area contributed by atoms with Crippen LogP contribution in [0.5, 0.6) is 11.5 Å². The summed E-state index contributed by atoms with van der Waals surface area (Å²) < 4.78 is 12.0. The lowest BCUT2D eigenvalue weighted by Crippen LogP contribution is -1.97. The topological polar surface area (TPSA) is 44.5 Å². The second-order valence-corrected chi connectivity index (χ2v) is 5.76. The van der Waals surface area contributed by atoms with E-state index in [9.17, 15) is 0 Å². The highest BCUT2D eigenvalue weighted by atomic mass is 35.5. The highest BCUT2D eigenvalue weighted by Gasteiger charge is 2.15. The van der Waals surface area contributed by atoms with Gasteiger partial charge in [0, 0.05) is 28.6 Å². The summed E-state index contributed by atoms with van der Waals surface area (Å²) in [6.07, 6.45) is 0.884. The summed E-state index contributed by atoms with van der Waals surface area (Å²) in [7, 11) is 0. The molecule has 0 spiro atoms. The normalized spacial score (nSPS) is 14.3. The van der Waals surface area contributed by atoms with Crippen molar-refractivity contribution < 1.29 is 9.47 Å². The van der Waals surface area contributed by atoms with Crippen LogP contribution in [0.2, 0.25) is 4.34 Å². The maximum Gasteiger partial charge on any atom is 0.163 e. The van der Waals surface area contributed by atoms with Gasteiger partial charge >= 0.3 is 0 Å².